The number of unbranched alkanes of at least 4 members (excludes halogenated alkanes) is 1. The molecule has 0 saturated carbocycles. The summed E-state index contributed by atoms with van der Waals surface area (Å²) in [6.07, 6.45) is 3.58. The zero-order valence-corrected chi connectivity index (χ0v) is 14.8. The van der Waals surface area contributed by atoms with Gasteiger partial charge in [0, 0.05) is 5.69 Å². The van der Waals surface area contributed by atoms with Crippen molar-refractivity contribution in [1.82, 2.24) is 0 Å². The number of benzene rings is 2. The van der Waals surface area contributed by atoms with Crippen LogP contribution in [0.2, 0.25) is 0 Å². The molecule has 0 aliphatic rings. The third-order valence-corrected chi connectivity index (χ3v) is 4.00. The third kappa shape index (κ3) is 5.41. The first-order chi connectivity index (χ1) is 11.6. The van der Waals surface area contributed by atoms with E-state index in [-0.39, 0.29) is 5.91 Å². The van der Waals surface area contributed by atoms with Crippen LogP contribution < -0.4 is 10.1 Å². The van der Waals surface area contributed by atoms with Crippen LogP contribution >= 0.6 is 0 Å². The van der Waals surface area contributed by atoms with Crippen LogP contribution in [0.15, 0.2) is 48.5 Å². The summed E-state index contributed by atoms with van der Waals surface area (Å²) in [5, 5.41) is 2.94. The van der Waals surface area contributed by atoms with Gasteiger partial charge in [0.25, 0.3) is 5.91 Å². The summed E-state index contributed by atoms with van der Waals surface area (Å²) in [5.74, 6) is 0.608. The summed E-state index contributed by atoms with van der Waals surface area (Å²) < 4.78 is 5.82. The van der Waals surface area contributed by atoms with Crippen molar-refractivity contribution in [2.75, 3.05) is 5.32 Å². The Balaban J connectivity index is 1.94. The average molecular weight is 325 g/mol. The maximum atomic E-state index is 12.4. The Bertz CT molecular complexity index is 632. The van der Waals surface area contributed by atoms with Crippen molar-refractivity contribution in [3.05, 3.63) is 59.7 Å². The molecular weight excluding hydrogens is 298 g/mol. The Morgan fingerprint density at radius 1 is 1.04 bits per heavy atom. The van der Waals surface area contributed by atoms with Gasteiger partial charge in [-0.05, 0) is 56.0 Å². The lowest BCUT2D eigenvalue weighted by molar-refractivity contribution is -0.122. The third-order valence-electron chi connectivity index (χ3n) is 4.00. The van der Waals surface area contributed by atoms with Gasteiger partial charge in [-0.25, -0.2) is 0 Å². The highest BCUT2D eigenvalue weighted by Crippen LogP contribution is 2.17. The molecule has 0 aliphatic heterocycles. The molecule has 2 aromatic carbocycles. The van der Waals surface area contributed by atoms with Crippen molar-refractivity contribution in [3.63, 3.8) is 0 Å². The molecule has 1 amide bonds. The van der Waals surface area contributed by atoms with Gasteiger partial charge in [-0.15, -0.1) is 0 Å². The lowest BCUT2D eigenvalue weighted by Crippen LogP contribution is -2.32. The van der Waals surface area contributed by atoms with Gasteiger partial charge >= 0.3 is 0 Å². The van der Waals surface area contributed by atoms with E-state index in [4.69, 9.17) is 4.74 Å². The van der Waals surface area contributed by atoms with Crippen LogP contribution in [-0.4, -0.2) is 12.0 Å². The molecule has 2 rings (SSSR count). The van der Waals surface area contributed by atoms with Crippen LogP contribution in [0.5, 0.6) is 5.75 Å². The summed E-state index contributed by atoms with van der Waals surface area (Å²) in [6, 6.07) is 15.8. The van der Waals surface area contributed by atoms with E-state index in [2.05, 4.69) is 24.4 Å². The summed E-state index contributed by atoms with van der Waals surface area (Å²) >= 11 is 0. The number of aryl methyl sites for hydroxylation is 2. The Morgan fingerprint density at radius 2 is 1.71 bits per heavy atom. The first kappa shape index (κ1) is 18.1. The van der Waals surface area contributed by atoms with Gasteiger partial charge in [0.15, 0.2) is 6.10 Å². The number of anilines is 1. The number of hydrogen-bond donors (Lipinski definition) is 1. The zero-order valence-electron chi connectivity index (χ0n) is 14.8. The summed E-state index contributed by atoms with van der Waals surface area (Å²) in [4.78, 5) is 12.4. The largest absolute Gasteiger partial charge is 0.481 e. The van der Waals surface area contributed by atoms with Gasteiger partial charge in [0.2, 0.25) is 0 Å². The van der Waals surface area contributed by atoms with Crippen molar-refractivity contribution in [1.29, 1.82) is 0 Å². The van der Waals surface area contributed by atoms with Crippen LogP contribution in [0.4, 0.5) is 5.69 Å². The van der Waals surface area contributed by atoms with Crippen molar-refractivity contribution in [2.45, 2.75) is 52.6 Å². The normalized spacial score (nSPS) is 11.8. The fraction of sp³-hybridized carbons (Fsp3) is 0.381. The summed E-state index contributed by atoms with van der Waals surface area (Å²) in [7, 11) is 0. The summed E-state index contributed by atoms with van der Waals surface area (Å²) in [5.41, 5.74) is 3.28. The van der Waals surface area contributed by atoms with E-state index in [1.165, 1.54) is 24.0 Å². The number of ether oxygens (including phenoxy) is 1. The minimum absolute atomic E-state index is 0.112. The Kier molecular flexibility index (Phi) is 6.86. The van der Waals surface area contributed by atoms with Gasteiger partial charge in [0.05, 0.1) is 0 Å². The SMILES string of the molecule is CCCCc1ccc(NC(=O)[C@@H](CC)Oc2ccc(C)cc2)cc1. The Hall–Kier alpha value is -2.29. The van der Waals surface area contributed by atoms with Crippen molar-refractivity contribution in [3.8, 4) is 5.75 Å². The van der Waals surface area contributed by atoms with Crippen molar-refractivity contribution in [2.24, 2.45) is 0 Å². The topological polar surface area (TPSA) is 38.3 Å². The van der Waals surface area contributed by atoms with E-state index < -0.39 is 6.10 Å². The number of hydrogen-bond acceptors (Lipinski definition) is 2. The molecule has 3 heteroatoms. The van der Waals surface area contributed by atoms with Gasteiger partial charge in [0.1, 0.15) is 5.75 Å². The number of rotatable bonds is 8. The standard InChI is InChI=1S/C21H27NO2/c1-4-6-7-17-10-12-18(13-11-17)22-21(23)20(5-2)24-19-14-8-16(3)9-15-19/h8-15,20H,4-7H2,1-3H3,(H,22,23)/t20-/m1/s1. The van der Waals surface area contributed by atoms with Crippen LogP contribution in [0, 0.1) is 6.92 Å². The zero-order chi connectivity index (χ0) is 17.4. The fourth-order valence-electron chi connectivity index (χ4n) is 2.46. The molecule has 0 saturated heterocycles. The molecule has 0 fully saturated rings. The number of amides is 1. The molecule has 0 unspecified atom stereocenters. The number of nitrogens with one attached hydrogen (secondary N) is 1. The molecule has 0 aromatic heterocycles. The number of carbonyl (C=O) groups excluding carboxylic acids is 1. The van der Waals surface area contributed by atoms with Crippen LogP contribution in [0.1, 0.15) is 44.2 Å². The van der Waals surface area contributed by atoms with Crippen molar-refractivity contribution >= 4 is 11.6 Å². The first-order valence-electron chi connectivity index (χ1n) is 8.75. The molecule has 1 N–H and O–H groups in total. The lowest BCUT2D eigenvalue weighted by atomic mass is 10.1. The van der Waals surface area contributed by atoms with Gasteiger partial charge in [-0.1, -0.05) is 50.1 Å². The van der Waals surface area contributed by atoms with Crippen LogP contribution in [-0.2, 0) is 11.2 Å². The molecule has 3 nitrogen and oxygen atoms in total. The second kappa shape index (κ2) is 9.11. The Morgan fingerprint density at radius 3 is 2.29 bits per heavy atom. The second-order valence-electron chi connectivity index (χ2n) is 6.12. The first-order valence-corrected chi connectivity index (χ1v) is 8.75. The molecule has 0 radical (unpaired) electrons. The monoisotopic (exact) mass is 325 g/mol. The van der Waals surface area contributed by atoms with E-state index in [9.17, 15) is 4.79 Å². The summed E-state index contributed by atoms with van der Waals surface area (Å²) in [6.45, 7) is 6.16. The molecular formula is C21H27NO2. The molecule has 2 aromatic rings. The van der Waals surface area contributed by atoms with E-state index in [0.717, 1.165) is 17.9 Å². The van der Waals surface area contributed by atoms with E-state index in [1.807, 2.05) is 50.2 Å². The molecule has 0 aliphatic carbocycles. The minimum atomic E-state index is -0.493. The van der Waals surface area contributed by atoms with Crippen LogP contribution in [0.3, 0.4) is 0 Å². The highest BCUT2D eigenvalue weighted by Gasteiger charge is 2.18. The molecule has 0 spiro atoms. The predicted molar refractivity (Wildman–Crippen MR) is 99.6 cm³/mol. The minimum Gasteiger partial charge on any atom is -0.481 e. The van der Waals surface area contributed by atoms with E-state index in [1.54, 1.807) is 0 Å². The van der Waals surface area contributed by atoms with Gasteiger partial charge < -0.3 is 10.1 Å². The highest BCUT2D eigenvalue weighted by atomic mass is 16.5. The maximum Gasteiger partial charge on any atom is 0.265 e. The average Bonchev–Trinajstić information content (AvgIpc) is 2.60. The van der Waals surface area contributed by atoms with E-state index >= 15 is 0 Å². The molecule has 128 valence electrons. The molecule has 24 heavy (non-hydrogen) atoms. The number of carbonyl (C=O) groups is 1. The van der Waals surface area contributed by atoms with Gasteiger partial charge in [-0.2, -0.15) is 0 Å². The lowest BCUT2D eigenvalue weighted by Gasteiger charge is -2.17. The smallest absolute Gasteiger partial charge is 0.265 e. The van der Waals surface area contributed by atoms with E-state index in [0.29, 0.717) is 6.42 Å². The maximum absolute atomic E-state index is 12.4. The quantitative estimate of drug-likeness (QED) is 0.730. The molecule has 0 heterocycles. The van der Waals surface area contributed by atoms with Crippen molar-refractivity contribution < 1.29 is 9.53 Å². The molecule has 0 bridgehead atoms. The highest BCUT2D eigenvalue weighted by molar-refractivity contribution is 5.94. The molecule has 1 atom stereocenters. The second-order valence-corrected chi connectivity index (χ2v) is 6.12. The predicted octanol–water partition coefficient (Wildman–Crippen LogP) is 5.13. The van der Waals surface area contributed by atoms with Crippen LogP contribution in [0.25, 0.3) is 0 Å². The van der Waals surface area contributed by atoms with Gasteiger partial charge in [-0.3, -0.25) is 4.79 Å². The fourth-order valence-corrected chi connectivity index (χ4v) is 2.46. The Labute approximate surface area is 145 Å².